The van der Waals surface area contributed by atoms with Gasteiger partial charge in [-0.05, 0) is 40.6 Å². The molecule has 2 aromatic carbocycles. The number of nitrogens with two attached hydrogens (primary N) is 1. The molecule has 1 amide bonds. The van der Waals surface area contributed by atoms with Gasteiger partial charge in [0, 0.05) is 5.70 Å². The fourth-order valence-electron chi connectivity index (χ4n) is 3.35. The molecule has 0 saturated heterocycles. The zero-order valence-electron chi connectivity index (χ0n) is 16.0. The lowest BCUT2D eigenvalue weighted by Crippen LogP contribution is -2.31. The number of ether oxygens (including phenoxy) is 2. The van der Waals surface area contributed by atoms with Gasteiger partial charge in [0.1, 0.15) is 12.6 Å². The molecule has 9 nitrogen and oxygen atoms in total. The highest BCUT2D eigenvalue weighted by Crippen LogP contribution is 2.38. The Labute approximate surface area is 167 Å². The minimum atomic E-state index is -0.573. The Hall–Kier alpha value is -3.88. The molecule has 0 spiro atoms. The second kappa shape index (κ2) is 7.63. The normalized spacial score (nSPS) is 15.4. The van der Waals surface area contributed by atoms with E-state index in [4.69, 9.17) is 15.2 Å². The Morgan fingerprint density at radius 1 is 1.21 bits per heavy atom. The second-order valence-electron chi connectivity index (χ2n) is 6.56. The Morgan fingerprint density at radius 3 is 2.72 bits per heavy atom. The third kappa shape index (κ3) is 3.49. The van der Waals surface area contributed by atoms with Crippen LogP contribution in [0.4, 0.5) is 5.95 Å². The molecule has 29 heavy (non-hydrogen) atoms. The monoisotopic (exact) mass is 392 g/mol. The molecule has 0 fully saturated rings. The maximum absolute atomic E-state index is 12.1. The van der Waals surface area contributed by atoms with Gasteiger partial charge in [-0.2, -0.15) is 4.68 Å². The van der Waals surface area contributed by atoms with Crippen LogP contribution in [0, 0.1) is 0 Å². The number of nitrogens with zero attached hydrogens (tertiary/aromatic N) is 4. The summed E-state index contributed by atoms with van der Waals surface area (Å²) in [5, 5.41) is 14.7. The van der Waals surface area contributed by atoms with Crippen LogP contribution in [-0.2, 0) is 11.4 Å². The zero-order chi connectivity index (χ0) is 20.4. The number of tetrazole rings is 1. The van der Waals surface area contributed by atoms with Gasteiger partial charge < -0.3 is 20.5 Å². The molecule has 0 bridgehead atoms. The van der Waals surface area contributed by atoms with Crippen LogP contribution in [0.5, 0.6) is 11.5 Å². The first-order valence-electron chi connectivity index (χ1n) is 8.98. The number of hydrogen-bond acceptors (Lipinski definition) is 7. The number of nitrogens with one attached hydrogen (secondary N) is 1. The Morgan fingerprint density at radius 2 is 2.00 bits per heavy atom. The van der Waals surface area contributed by atoms with Gasteiger partial charge >= 0.3 is 0 Å². The van der Waals surface area contributed by atoms with Gasteiger partial charge in [-0.1, -0.05) is 41.5 Å². The third-order valence-corrected chi connectivity index (χ3v) is 4.72. The summed E-state index contributed by atoms with van der Waals surface area (Å²) in [5.41, 5.74) is 8.43. The number of allylic oxidation sites excluding steroid dienone is 1. The number of carbonyl (C=O) groups excluding carboxylic acids is 1. The van der Waals surface area contributed by atoms with Crippen LogP contribution < -0.4 is 20.5 Å². The van der Waals surface area contributed by atoms with Crippen molar-refractivity contribution in [2.24, 2.45) is 5.73 Å². The smallest absolute Gasteiger partial charge is 0.248 e. The van der Waals surface area contributed by atoms with E-state index >= 15 is 0 Å². The van der Waals surface area contributed by atoms with Crippen molar-refractivity contribution in [1.29, 1.82) is 0 Å². The van der Waals surface area contributed by atoms with Gasteiger partial charge in [0.25, 0.3) is 0 Å². The summed E-state index contributed by atoms with van der Waals surface area (Å²) < 4.78 is 13.0. The molecule has 4 rings (SSSR count). The van der Waals surface area contributed by atoms with Crippen LogP contribution in [0.1, 0.15) is 24.1 Å². The van der Waals surface area contributed by atoms with Gasteiger partial charge in [0.15, 0.2) is 11.5 Å². The highest BCUT2D eigenvalue weighted by molar-refractivity contribution is 5.95. The topological polar surface area (TPSA) is 117 Å². The summed E-state index contributed by atoms with van der Waals surface area (Å²) in [6.45, 7) is 2.17. The van der Waals surface area contributed by atoms with Crippen molar-refractivity contribution in [2.75, 3.05) is 12.4 Å². The summed E-state index contributed by atoms with van der Waals surface area (Å²) in [6, 6.07) is 14.7. The highest BCUT2D eigenvalue weighted by atomic mass is 16.5. The summed E-state index contributed by atoms with van der Waals surface area (Å²) in [7, 11) is 1.56. The number of primary amides is 1. The first-order chi connectivity index (χ1) is 14.1. The lowest BCUT2D eigenvalue weighted by atomic mass is 9.95. The molecule has 2 heterocycles. The Bertz CT molecular complexity index is 1080. The number of hydrogen-bond donors (Lipinski definition) is 2. The van der Waals surface area contributed by atoms with Crippen molar-refractivity contribution in [1.82, 2.24) is 20.2 Å². The van der Waals surface area contributed by atoms with Crippen LogP contribution in [0.3, 0.4) is 0 Å². The maximum atomic E-state index is 12.1. The van der Waals surface area contributed by atoms with Crippen LogP contribution in [0.25, 0.3) is 0 Å². The molecule has 1 aromatic heterocycles. The Balaban J connectivity index is 1.69. The van der Waals surface area contributed by atoms with Gasteiger partial charge in [-0.15, -0.1) is 0 Å². The van der Waals surface area contributed by atoms with Gasteiger partial charge in [0.2, 0.25) is 11.9 Å². The van der Waals surface area contributed by atoms with E-state index in [2.05, 4.69) is 20.8 Å². The predicted molar refractivity (Wildman–Crippen MR) is 105 cm³/mol. The van der Waals surface area contributed by atoms with Crippen molar-refractivity contribution >= 4 is 11.9 Å². The van der Waals surface area contributed by atoms with E-state index in [1.54, 1.807) is 26.2 Å². The summed E-state index contributed by atoms with van der Waals surface area (Å²) in [5.74, 6) is 1.01. The molecule has 148 valence electrons. The molecule has 0 saturated carbocycles. The molecule has 1 unspecified atom stereocenters. The van der Waals surface area contributed by atoms with E-state index in [1.807, 2.05) is 36.4 Å². The van der Waals surface area contributed by atoms with Crippen molar-refractivity contribution in [3.8, 4) is 11.5 Å². The lowest BCUT2D eigenvalue weighted by Gasteiger charge is -2.27. The number of rotatable bonds is 6. The molecular weight excluding hydrogens is 372 g/mol. The number of aromatic nitrogens is 4. The first kappa shape index (κ1) is 18.5. The molecule has 0 radical (unpaired) electrons. The third-order valence-electron chi connectivity index (χ3n) is 4.72. The molecule has 1 aliphatic heterocycles. The lowest BCUT2D eigenvalue weighted by molar-refractivity contribution is -0.115. The van der Waals surface area contributed by atoms with Crippen LogP contribution in [0.2, 0.25) is 0 Å². The molecule has 9 heteroatoms. The fraction of sp³-hybridized carbons (Fsp3) is 0.200. The van der Waals surface area contributed by atoms with E-state index < -0.39 is 11.9 Å². The number of amides is 1. The maximum Gasteiger partial charge on any atom is 0.248 e. The molecule has 1 aliphatic rings. The minimum absolute atomic E-state index is 0.379. The number of carbonyl (C=O) groups is 1. The van der Waals surface area contributed by atoms with Crippen LogP contribution >= 0.6 is 0 Å². The molecular formula is C20H20N6O3. The molecule has 3 aromatic rings. The first-order valence-corrected chi connectivity index (χ1v) is 8.98. The average molecular weight is 392 g/mol. The van der Waals surface area contributed by atoms with Crippen molar-refractivity contribution in [3.05, 3.63) is 70.9 Å². The van der Waals surface area contributed by atoms with E-state index in [-0.39, 0.29) is 0 Å². The summed E-state index contributed by atoms with van der Waals surface area (Å²) in [4.78, 5) is 12.1. The molecule has 3 N–H and O–H groups in total. The predicted octanol–water partition coefficient (Wildman–Crippen LogP) is 2.03. The fourth-order valence-corrected chi connectivity index (χ4v) is 3.35. The summed E-state index contributed by atoms with van der Waals surface area (Å²) in [6.07, 6.45) is 0. The number of benzene rings is 2. The molecule has 0 aliphatic carbocycles. The number of methoxy groups -OCH3 is 1. The highest BCUT2D eigenvalue weighted by Gasteiger charge is 2.33. The van der Waals surface area contributed by atoms with E-state index in [9.17, 15) is 4.79 Å². The van der Waals surface area contributed by atoms with Gasteiger partial charge in [-0.3, -0.25) is 4.79 Å². The second-order valence-corrected chi connectivity index (χ2v) is 6.56. The van der Waals surface area contributed by atoms with Crippen LogP contribution in [-0.4, -0.2) is 33.2 Å². The average Bonchev–Trinajstić information content (AvgIpc) is 3.19. The SMILES string of the molecule is COc1cc(C2C(C(N)=O)=C(C)Nc3nnnn32)ccc1OCc1ccccc1. The van der Waals surface area contributed by atoms with E-state index in [1.165, 1.54) is 4.68 Å². The standard InChI is InChI=1S/C20H20N6O3/c1-12-17(19(21)27)18(26-20(22-12)23-24-25-26)14-8-9-15(16(10-14)28-2)29-11-13-6-4-3-5-7-13/h3-10,18H,11H2,1-2H3,(H2,21,27)(H,22,23,25). The van der Waals surface area contributed by atoms with Gasteiger partial charge in [0.05, 0.1) is 12.7 Å². The molecule has 1 atom stereocenters. The zero-order valence-corrected chi connectivity index (χ0v) is 16.0. The van der Waals surface area contributed by atoms with Gasteiger partial charge in [-0.25, -0.2) is 0 Å². The quantitative estimate of drug-likeness (QED) is 0.659. The van der Waals surface area contributed by atoms with Crippen molar-refractivity contribution in [3.63, 3.8) is 0 Å². The Kier molecular flexibility index (Phi) is 4.86. The van der Waals surface area contributed by atoms with E-state index in [0.29, 0.717) is 35.3 Å². The largest absolute Gasteiger partial charge is 0.493 e. The van der Waals surface area contributed by atoms with Crippen molar-refractivity contribution in [2.45, 2.75) is 19.6 Å². The summed E-state index contributed by atoms with van der Waals surface area (Å²) >= 11 is 0. The number of fused-ring (bicyclic) bond motifs is 1. The van der Waals surface area contributed by atoms with Crippen LogP contribution in [0.15, 0.2) is 59.8 Å². The van der Waals surface area contributed by atoms with Crippen molar-refractivity contribution < 1.29 is 14.3 Å². The van der Waals surface area contributed by atoms with E-state index in [0.717, 1.165) is 11.1 Å². The minimum Gasteiger partial charge on any atom is -0.493 e. The number of anilines is 1.